The molecule has 1 aromatic rings. The number of benzene rings is 1. The van der Waals surface area contributed by atoms with Crippen LogP contribution in [0.15, 0.2) is 24.3 Å². The van der Waals surface area contributed by atoms with Crippen molar-refractivity contribution >= 4 is 0 Å². The number of aliphatic hydroxyl groups excluding tert-OH is 1. The Morgan fingerprint density at radius 2 is 1.65 bits per heavy atom. The summed E-state index contributed by atoms with van der Waals surface area (Å²) in [5, 5.41) is 10.3. The summed E-state index contributed by atoms with van der Waals surface area (Å²) < 4.78 is 0. The Hall–Kier alpha value is -0.860. The van der Waals surface area contributed by atoms with Crippen molar-refractivity contribution in [2.75, 3.05) is 20.1 Å². The van der Waals surface area contributed by atoms with Gasteiger partial charge in [0.2, 0.25) is 0 Å². The molecule has 2 atom stereocenters. The molecule has 0 heterocycles. The third-order valence-electron chi connectivity index (χ3n) is 3.81. The average molecular weight is 277 g/mol. The Balaban J connectivity index is 2.52. The van der Waals surface area contributed by atoms with Crippen LogP contribution in [0.2, 0.25) is 0 Å². The first-order valence-electron chi connectivity index (χ1n) is 7.87. The molecular weight excluding hydrogens is 246 g/mol. The lowest BCUT2D eigenvalue weighted by atomic mass is 10.00. The molecule has 2 nitrogen and oxygen atoms in total. The summed E-state index contributed by atoms with van der Waals surface area (Å²) in [5.74, 6) is 1.35. The van der Waals surface area contributed by atoms with Crippen LogP contribution in [0.5, 0.6) is 0 Å². The molecule has 0 spiro atoms. The second kappa shape index (κ2) is 8.43. The Morgan fingerprint density at radius 3 is 2.15 bits per heavy atom. The van der Waals surface area contributed by atoms with E-state index in [-0.39, 0.29) is 0 Å². The normalized spacial score (nSPS) is 14.8. The van der Waals surface area contributed by atoms with E-state index in [2.05, 4.69) is 63.9 Å². The monoisotopic (exact) mass is 277 g/mol. The van der Waals surface area contributed by atoms with E-state index in [1.165, 1.54) is 12.0 Å². The summed E-state index contributed by atoms with van der Waals surface area (Å²) in [6.07, 6.45) is 1.89. The first kappa shape index (κ1) is 17.2. The predicted molar refractivity (Wildman–Crippen MR) is 86.9 cm³/mol. The lowest BCUT2D eigenvalue weighted by Crippen LogP contribution is -2.28. The van der Waals surface area contributed by atoms with Gasteiger partial charge in [0.1, 0.15) is 0 Å². The third-order valence-corrected chi connectivity index (χ3v) is 3.81. The molecule has 1 aromatic carbocycles. The number of nitrogens with zero attached hydrogens (tertiary/aromatic N) is 1. The Bertz CT molecular complexity index is 372. The summed E-state index contributed by atoms with van der Waals surface area (Å²) in [4.78, 5) is 2.22. The zero-order valence-electron chi connectivity index (χ0n) is 13.8. The van der Waals surface area contributed by atoms with Crippen LogP contribution in [0.25, 0.3) is 0 Å². The second-order valence-electron chi connectivity index (χ2n) is 6.59. The van der Waals surface area contributed by atoms with Gasteiger partial charge in [0.25, 0.3) is 0 Å². The lowest BCUT2D eigenvalue weighted by Gasteiger charge is -2.23. The van der Waals surface area contributed by atoms with E-state index >= 15 is 0 Å². The summed E-state index contributed by atoms with van der Waals surface area (Å²) >= 11 is 0. The van der Waals surface area contributed by atoms with Crippen LogP contribution in [0.3, 0.4) is 0 Å². The topological polar surface area (TPSA) is 23.5 Å². The number of likely N-dealkylation sites (N-methyl/N-ethyl adjacent to an activating group) is 1. The van der Waals surface area contributed by atoms with E-state index in [1.54, 1.807) is 0 Å². The molecule has 0 bridgehead atoms. The molecule has 0 saturated carbocycles. The number of aliphatic hydroxyl groups is 1. The molecule has 1 rings (SSSR count). The highest BCUT2D eigenvalue weighted by molar-refractivity contribution is 5.24. The Morgan fingerprint density at radius 1 is 1.05 bits per heavy atom. The van der Waals surface area contributed by atoms with Gasteiger partial charge in [-0.3, -0.25) is 0 Å². The molecular formula is C18H31NO. The molecule has 0 fully saturated rings. The van der Waals surface area contributed by atoms with Gasteiger partial charge in [-0.25, -0.2) is 0 Å². The maximum atomic E-state index is 10.3. The first-order valence-corrected chi connectivity index (χ1v) is 7.87. The minimum atomic E-state index is -0.392. The van der Waals surface area contributed by atoms with Gasteiger partial charge in [0, 0.05) is 13.1 Å². The Kier molecular flexibility index (Phi) is 7.25. The molecule has 0 amide bonds. The summed E-state index contributed by atoms with van der Waals surface area (Å²) in [6.45, 7) is 10.7. The van der Waals surface area contributed by atoms with Gasteiger partial charge in [-0.15, -0.1) is 0 Å². The molecule has 0 saturated heterocycles. The van der Waals surface area contributed by atoms with E-state index in [4.69, 9.17) is 0 Å². The zero-order valence-corrected chi connectivity index (χ0v) is 13.8. The molecule has 0 radical (unpaired) electrons. The van der Waals surface area contributed by atoms with Gasteiger partial charge in [0.05, 0.1) is 6.10 Å². The van der Waals surface area contributed by atoms with Crippen LogP contribution < -0.4 is 0 Å². The fraction of sp³-hybridized carbons (Fsp3) is 0.667. The summed E-state index contributed by atoms with van der Waals surface area (Å²) in [6, 6.07) is 8.43. The van der Waals surface area contributed by atoms with Crippen molar-refractivity contribution in [1.29, 1.82) is 0 Å². The van der Waals surface area contributed by atoms with Crippen LogP contribution in [0, 0.1) is 11.8 Å². The molecule has 114 valence electrons. The highest BCUT2D eigenvalue weighted by Crippen LogP contribution is 2.17. The van der Waals surface area contributed by atoms with Crippen molar-refractivity contribution < 1.29 is 5.11 Å². The maximum absolute atomic E-state index is 10.3. The number of hydrogen-bond acceptors (Lipinski definition) is 2. The minimum absolute atomic E-state index is 0.392. The van der Waals surface area contributed by atoms with Crippen LogP contribution in [-0.2, 0) is 6.42 Å². The molecule has 20 heavy (non-hydrogen) atoms. The van der Waals surface area contributed by atoms with Crippen molar-refractivity contribution in [3.8, 4) is 0 Å². The minimum Gasteiger partial charge on any atom is -0.387 e. The molecule has 0 aliphatic heterocycles. The SMILES string of the molecule is CCC(C)CN(C)CC(O)c1ccc(CC(C)C)cc1. The van der Waals surface area contributed by atoms with Crippen molar-refractivity contribution in [2.45, 2.75) is 46.6 Å². The largest absolute Gasteiger partial charge is 0.387 e. The van der Waals surface area contributed by atoms with Crippen molar-refractivity contribution in [2.24, 2.45) is 11.8 Å². The van der Waals surface area contributed by atoms with E-state index in [9.17, 15) is 5.11 Å². The first-order chi connectivity index (χ1) is 9.42. The van der Waals surface area contributed by atoms with Gasteiger partial charge >= 0.3 is 0 Å². The van der Waals surface area contributed by atoms with Crippen LogP contribution >= 0.6 is 0 Å². The van der Waals surface area contributed by atoms with Crippen LogP contribution in [0.1, 0.15) is 51.3 Å². The van der Waals surface area contributed by atoms with Gasteiger partial charge in [0.15, 0.2) is 0 Å². The summed E-state index contributed by atoms with van der Waals surface area (Å²) in [5.41, 5.74) is 2.37. The molecule has 0 aromatic heterocycles. The van der Waals surface area contributed by atoms with Gasteiger partial charge < -0.3 is 10.0 Å². The zero-order chi connectivity index (χ0) is 15.1. The fourth-order valence-electron chi connectivity index (χ4n) is 2.48. The predicted octanol–water partition coefficient (Wildman–Crippen LogP) is 3.90. The van der Waals surface area contributed by atoms with Crippen LogP contribution in [0.4, 0.5) is 0 Å². The van der Waals surface area contributed by atoms with E-state index in [0.717, 1.165) is 18.5 Å². The molecule has 2 heteroatoms. The second-order valence-corrected chi connectivity index (χ2v) is 6.59. The van der Waals surface area contributed by atoms with Gasteiger partial charge in [-0.1, -0.05) is 58.4 Å². The highest BCUT2D eigenvalue weighted by Gasteiger charge is 2.12. The third kappa shape index (κ3) is 6.06. The van der Waals surface area contributed by atoms with Gasteiger partial charge in [-0.05, 0) is 36.4 Å². The average Bonchev–Trinajstić information content (AvgIpc) is 2.38. The standard InChI is InChI=1S/C18H31NO/c1-6-15(4)12-19(5)13-18(20)17-9-7-16(8-10-17)11-14(2)3/h7-10,14-15,18,20H,6,11-13H2,1-5H3. The van der Waals surface area contributed by atoms with E-state index in [0.29, 0.717) is 18.4 Å². The number of rotatable bonds is 8. The van der Waals surface area contributed by atoms with Crippen molar-refractivity contribution in [1.82, 2.24) is 4.90 Å². The smallest absolute Gasteiger partial charge is 0.0916 e. The quantitative estimate of drug-likeness (QED) is 0.779. The van der Waals surface area contributed by atoms with E-state index < -0.39 is 6.10 Å². The highest BCUT2D eigenvalue weighted by atomic mass is 16.3. The van der Waals surface area contributed by atoms with Crippen molar-refractivity contribution in [3.05, 3.63) is 35.4 Å². The van der Waals surface area contributed by atoms with Gasteiger partial charge in [-0.2, -0.15) is 0 Å². The molecule has 2 unspecified atom stereocenters. The van der Waals surface area contributed by atoms with E-state index in [1.807, 2.05) is 0 Å². The van der Waals surface area contributed by atoms with Crippen molar-refractivity contribution in [3.63, 3.8) is 0 Å². The summed E-state index contributed by atoms with van der Waals surface area (Å²) in [7, 11) is 2.09. The number of hydrogen-bond donors (Lipinski definition) is 1. The fourth-order valence-corrected chi connectivity index (χ4v) is 2.48. The molecule has 0 aliphatic rings. The lowest BCUT2D eigenvalue weighted by molar-refractivity contribution is 0.119. The maximum Gasteiger partial charge on any atom is 0.0916 e. The molecule has 0 aliphatic carbocycles. The van der Waals surface area contributed by atoms with Crippen LogP contribution in [-0.4, -0.2) is 30.1 Å². The Labute approximate surface area is 124 Å². The molecule has 1 N–H and O–H groups in total.